The summed E-state index contributed by atoms with van der Waals surface area (Å²) in [6, 6.07) is 7.90. The van der Waals surface area contributed by atoms with Crippen LogP contribution in [0.25, 0.3) is 0 Å². The van der Waals surface area contributed by atoms with Crippen LogP contribution >= 0.6 is 15.9 Å². The summed E-state index contributed by atoms with van der Waals surface area (Å²) in [5.74, 6) is 1.31. The minimum absolute atomic E-state index is 0.0966. The number of carbonyl (C=O) groups is 1. The van der Waals surface area contributed by atoms with Gasteiger partial charge in [-0.15, -0.1) is 0 Å². The first-order chi connectivity index (χ1) is 9.21. The normalized spacial score (nSPS) is 25.7. The topological polar surface area (TPSA) is 26.3 Å². The summed E-state index contributed by atoms with van der Waals surface area (Å²) in [5.41, 5.74) is -0.163. The lowest BCUT2D eigenvalue weighted by molar-refractivity contribution is -0.154. The van der Waals surface area contributed by atoms with Gasteiger partial charge in [-0.3, -0.25) is 4.79 Å². The van der Waals surface area contributed by atoms with Crippen LogP contribution in [0.1, 0.15) is 44.9 Å². The molecule has 3 heteroatoms. The van der Waals surface area contributed by atoms with Gasteiger partial charge < -0.3 is 4.74 Å². The minimum Gasteiger partial charge on any atom is -0.489 e. The van der Waals surface area contributed by atoms with E-state index < -0.39 is 0 Å². The van der Waals surface area contributed by atoms with Gasteiger partial charge >= 0.3 is 0 Å². The van der Waals surface area contributed by atoms with Gasteiger partial charge in [0.05, 0.1) is 5.41 Å². The molecule has 0 radical (unpaired) electrons. The molecular weight excluding hydrogens is 304 g/mol. The lowest BCUT2D eigenvalue weighted by Crippen LogP contribution is -2.56. The molecule has 19 heavy (non-hydrogen) atoms. The molecule has 1 aromatic carbocycles. The number of Topliss-reactive ketones (excluding diaryl/α,β-unsaturated/α-hetero) is 1. The fourth-order valence-electron chi connectivity index (χ4n) is 3.41. The van der Waals surface area contributed by atoms with E-state index in [4.69, 9.17) is 4.74 Å². The Labute approximate surface area is 122 Å². The summed E-state index contributed by atoms with van der Waals surface area (Å²) < 4.78 is 7.13. The molecule has 1 unspecified atom stereocenters. The van der Waals surface area contributed by atoms with Crippen molar-refractivity contribution in [2.45, 2.75) is 51.0 Å². The maximum Gasteiger partial charge on any atom is 0.146 e. The molecule has 2 saturated carbocycles. The molecule has 1 spiro atoms. The standard InChI is InChI=1S/C16H19BrO2/c17-12-5-7-13(8-6-12)19-15-11-14(18)16(15)9-3-1-2-4-10-16/h5-8,15H,1-4,9-11H2. The highest BCUT2D eigenvalue weighted by atomic mass is 79.9. The number of ether oxygens (including phenoxy) is 1. The third-order valence-electron chi connectivity index (χ3n) is 4.63. The second kappa shape index (κ2) is 5.28. The largest absolute Gasteiger partial charge is 0.489 e. The average molecular weight is 323 g/mol. The van der Waals surface area contributed by atoms with Gasteiger partial charge in [-0.25, -0.2) is 0 Å². The van der Waals surface area contributed by atoms with Crippen LogP contribution in [0.2, 0.25) is 0 Å². The Morgan fingerprint density at radius 3 is 2.26 bits per heavy atom. The molecule has 1 aromatic rings. The highest BCUT2D eigenvalue weighted by Crippen LogP contribution is 2.49. The van der Waals surface area contributed by atoms with Crippen molar-refractivity contribution in [1.29, 1.82) is 0 Å². The van der Waals surface area contributed by atoms with E-state index in [2.05, 4.69) is 15.9 Å². The smallest absolute Gasteiger partial charge is 0.146 e. The SMILES string of the molecule is O=C1CC(Oc2ccc(Br)cc2)C12CCCCCC2. The molecule has 0 saturated heterocycles. The van der Waals surface area contributed by atoms with Gasteiger partial charge in [0.25, 0.3) is 0 Å². The summed E-state index contributed by atoms with van der Waals surface area (Å²) in [6.45, 7) is 0. The molecular formula is C16H19BrO2. The van der Waals surface area contributed by atoms with Gasteiger partial charge in [-0.1, -0.05) is 41.6 Å². The highest BCUT2D eigenvalue weighted by Gasteiger charge is 2.55. The zero-order valence-corrected chi connectivity index (χ0v) is 12.6. The predicted molar refractivity (Wildman–Crippen MR) is 78.3 cm³/mol. The Bertz CT molecular complexity index is 458. The average Bonchev–Trinajstić information content (AvgIpc) is 2.68. The number of hydrogen-bond acceptors (Lipinski definition) is 2. The van der Waals surface area contributed by atoms with E-state index in [9.17, 15) is 4.79 Å². The summed E-state index contributed by atoms with van der Waals surface area (Å²) >= 11 is 3.42. The summed E-state index contributed by atoms with van der Waals surface area (Å²) in [4.78, 5) is 12.1. The summed E-state index contributed by atoms with van der Waals surface area (Å²) in [7, 11) is 0. The van der Waals surface area contributed by atoms with Crippen LogP contribution in [0, 0.1) is 5.41 Å². The van der Waals surface area contributed by atoms with Gasteiger partial charge in [0.2, 0.25) is 0 Å². The third-order valence-corrected chi connectivity index (χ3v) is 5.16. The lowest BCUT2D eigenvalue weighted by Gasteiger charge is -2.47. The highest BCUT2D eigenvalue weighted by molar-refractivity contribution is 9.10. The van der Waals surface area contributed by atoms with E-state index in [1.807, 2.05) is 24.3 Å². The van der Waals surface area contributed by atoms with Crippen molar-refractivity contribution < 1.29 is 9.53 Å². The Morgan fingerprint density at radius 1 is 1.05 bits per heavy atom. The number of hydrogen-bond donors (Lipinski definition) is 0. The molecule has 0 heterocycles. The van der Waals surface area contributed by atoms with Gasteiger partial charge in [0.1, 0.15) is 17.6 Å². The number of rotatable bonds is 2. The maximum atomic E-state index is 12.1. The van der Waals surface area contributed by atoms with Gasteiger partial charge in [-0.2, -0.15) is 0 Å². The molecule has 2 nitrogen and oxygen atoms in total. The van der Waals surface area contributed by atoms with E-state index >= 15 is 0 Å². The molecule has 3 rings (SSSR count). The molecule has 0 amide bonds. The first kappa shape index (κ1) is 13.2. The number of ketones is 1. The molecule has 2 fully saturated rings. The number of carbonyl (C=O) groups excluding carboxylic acids is 1. The maximum absolute atomic E-state index is 12.1. The number of halogens is 1. The summed E-state index contributed by atoms with van der Waals surface area (Å²) in [6.07, 6.45) is 7.60. The molecule has 102 valence electrons. The number of benzene rings is 1. The van der Waals surface area contributed by atoms with Crippen LogP contribution in [0.5, 0.6) is 5.75 Å². The fraction of sp³-hybridized carbons (Fsp3) is 0.562. The van der Waals surface area contributed by atoms with Crippen LogP contribution in [-0.2, 0) is 4.79 Å². The molecule has 0 aromatic heterocycles. The third kappa shape index (κ3) is 2.45. The quantitative estimate of drug-likeness (QED) is 0.800. The van der Waals surface area contributed by atoms with Crippen molar-refractivity contribution >= 4 is 21.7 Å². The molecule has 1 atom stereocenters. The van der Waals surface area contributed by atoms with Crippen LogP contribution < -0.4 is 4.74 Å². The van der Waals surface area contributed by atoms with E-state index in [1.165, 1.54) is 25.7 Å². The van der Waals surface area contributed by atoms with Gasteiger partial charge in [0, 0.05) is 10.9 Å². The zero-order valence-electron chi connectivity index (χ0n) is 11.0. The van der Waals surface area contributed by atoms with E-state index in [1.54, 1.807) is 0 Å². The predicted octanol–water partition coefficient (Wildman–Crippen LogP) is 4.51. The minimum atomic E-state index is -0.163. The fourth-order valence-corrected chi connectivity index (χ4v) is 3.67. The first-order valence-corrected chi connectivity index (χ1v) is 7.95. The van der Waals surface area contributed by atoms with E-state index in [0.717, 1.165) is 23.1 Å². The van der Waals surface area contributed by atoms with Crippen molar-refractivity contribution in [1.82, 2.24) is 0 Å². The van der Waals surface area contributed by atoms with Crippen molar-refractivity contribution in [3.63, 3.8) is 0 Å². The van der Waals surface area contributed by atoms with E-state index in [0.29, 0.717) is 12.2 Å². The van der Waals surface area contributed by atoms with Crippen molar-refractivity contribution in [3.05, 3.63) is 28.7 Å². The Hall–Kier alpha value is -0.830. The van der Waals surface area contributed by atoms with E-state index in [-0.39, 0.29) is 11.5 Å². The lowest BCUT2D eigenvalue weighted by atomic mass is 9.60. The van der Waals surface area contributed by atoms with Crippen LogP contribution in [-0.4, -0.2) is 11.9 Å². The molecule has 2 aliphatic carbocycles. The van der Waals surface area contributed by atoms with Crippen LogP contribution in [0.3, 0.4) is 0 Å². The van der Waals surface area contributed by atoms with Crippen molar-refractivity contribution in [2.24, 2.45) is 5.41 Å². The van der Waals surface area contributed by atoms with Crippen LogP contribution in [0.15, 0.2) is 28.7 Å². The van der Waals surface area contributed by atoms with Gasteiger partial charge in [0.15, 0.2) is 0 Å². The molecule has 0 bridgehead atoms. The molecule has 2 aliphatic rings. The Balaban J connectivity index is 1.74. The van der Waals surface area contributed by atoms with Crippen molar-refractivity contribution in [2.75, 3.05) is 0 Å². The monoisotopic (exact) mass is 322 g/mol. The molecule has 0 aliphatic heterocycles. The second-order valence-electron chi connectivity index (χ2n) is 5.76. The Kier molecular flexibility index (Phi) is 3.66. The Morgan fingerprint density at radius 2 is 1.68 bits per heavy atom. The first-order valence-electron chi connectivity index (χ1n) is 7.16. The molecule has 0 N–H and O–H groups in total. The second-order valence-corrected chi connectivity index (χ2v) is 6.67. The summed E-state index contributed by atoms with van der Waals surface area (Å²) in [5, 5.41) is 0. The van der Waals surface area contributed by atoms with Gasteiger partial charge in [-0.05, 0) is 37.1 Å². The van der Waals surface area contributed by atoms with Crippen molar-refractivity contribution in [3.8, 4) is 5.75 Å². The van der Waals surface area contributed by atoms with Crippen LogP contribution in [0.4, 0.5) is 0 Å². The zero-order chi connectivity index (χ0) is 13.3.